The van der Waals surface area contributed by atoms with Crippen LogP contribution in [0.3, 0.4) is 0 Å². The molecule has 3 aromatic rings. The number of nitrogens with one attached hydrogen (secondary N) is 2. The second-order valence-electron chi connectivity index (χ2n) is 7.99. The summed E-state index contributed by atoms with van der Waals surface area (Å²) in [5, 5.41) is 10.4. The summed E-state index contributed by atoms with van der Waals surface area (Å²) in [5.74, 6) is 1.33. The Balaban J connectivity index is 1.41. The van der Waals surface area contributed by atoms with E-state index in [9.17, 15) is 4.79 Å². The van der Waals surface area contributed by atoms with E-state index in [1.807, 2.05) is 55.6 Å². The van der Waals surface area contributed by atoms with Gasteiger partial charge in [0.05, 0.1) is 32.6 Å². The maximum atomic E-state index is 12.6. The lowest BCUT2D eigenvalue weighted by atomic mass is 10.1. The summed E-state index contributed by atoms with van der Waals surface area (Å²) < 4.78 is 18.6. The van der Waals surface area contributed by atoms with E-state index in [0.717, 1.165) is 61.3 Å². The minimum absolute atomic E-state index is 0.131. The van der Waals surface area contributed by atoms with Crippen LogP contribution in [0.2, 0.25) is 0 Å². The van der Waals surface area contributed by atoms with Crippen LogP contribution in [0.15, 0.2) is 54.7 Å². The van der Waals surface area contributed by atoms with E-state index < -0.39 is 0 Å². The van der Waals surface area contributed by atoms with Gasteiger partial charge in [0.1, 0.15) is 18.1 Å². The molecule has 0 radical (unpaired) electrons. The van der Waals surface area contributed by atoms with E-state index in [-0.39, 0.29) is 12.5 Å². The number of aromatic nitrogens is 2. The van der Waals surface area contributed by atoms with Crippen LogP contribution >= 0.6 is 0 Å². The van der Waals surface area contributed by atoms with Gasteiger partial charge in [-0.05, 0) is 36.4 Å². The Morgan fingerprint density at radius 1 is 1.12 bits per heavy atom. The van der Waals surface area contributed by atoms with Crippen LogP contribution in [0.4, 0.5) is 11.4 Å². The lowest BCUT2D eigenvalue weighted by molar-refractivity contribution is -0.114. The Morgan fingerprint density at radius 3 is 2.74 bits per heavy atom. The summed E-state index contributed by atoms with van der Waals surface area (Å²) in [6.45, 7) is 4.91. The van der Waals surface area contributed by atoms with Gasteiger partial charge >= 0.3 is 0 Å². The maximum Gasteiger partial charge on any atom is 0.243 e. The van der Waals surface area contributed by atoms with E-state index in [1.54, 1.807) is 18.0 Å². The number of rotatable bonds is 10. The molecule has 0 unspecified atom stereocenters. The number of nitrogens with zero attached hydrogens (tertiary/aromatic N) is 3. The smallest absolute Gasteiger partial charge is 0.243 e. The zero-order valence-corrected chi connectivity index (χ0v) is 19.6. The van der Waals surface area contributed by atoms with E-state index in [1.165, 1.54) is 0 Å². The van der Waals surface area contributed by atoms with Crippen molar-refractivity contribution in [1.29, 1.82) is 0 Å². The second kappa shape index (κ2) is 11.5. The largest absolute Gasteiger partial charge is 0.497 e. The summed E-state index contributed by atoms with van der Waals surface area (Å²) in [6, 6.07) is 15.1. The van der Waals surface area contributed by atoms with Crippen LogP contribution in [0, 0.1) is 0 Å². The van der Waals surface area contributed by atoms with Gasteiger partial charge in [0, 0.05) is 55.9 Å². The quantitative estimate of drug-likeness (QED) is 0.476. The highest BCUT2D eigenvalue weighted by molar-refractivity contribution is 5.94. The first kappa shape index (κ1) is 23.6. The van der Waals surface area contributed by atoms with E-state index in [0.29, 0.717) is 12.3 Å². The van der Waals surface area contributed by atoms with Crippen LogP contribution in [0.25, 0.3) is 11.3 Å². The van der Waals surface area contributed by atoms with Crippen LogP contribution in [-0.4, -0.2) is 73.7 Å². The molecule has 9 heteroatoms. The number of ether oxygens (including phenoxy) is 3. The van der Waals surface area contributed by atoms with E-state index in [2.05, 4.69) is 20.6 Å². The Labute approximate surface area is 199 Å². The predicted molar refractivity (Wildman–Crippen MR) is 132 cm³/mol. The maximum absolute atomic E-state index is 12.6. The predicted octanol–water partition coefficient (Wildman–Crippen LogP) is 2.86. The van der Waals surface area contributed by atoms with Gasteiger partial charge in [0.25, 0.3) is 0 Å². The van der Waals surface area contributed by atoms with Gasteiger partial charge in [0.2, 0.25) is 5.91 Å². The summed E-state index contributed by atoms with van der Waals surface area (Å²) in [7, 11) is 3.50. The highest BCUT2D eigenvalue weighted by Crippen LogP contribution is 2.32. The van der Waals surface area contributed by atoms with Gasteiger partial charge in [-0.25, -0.2) is 0 Å². The number of anilines is 2. The lowest BCUT2D eigenvalue weighted by Crippen LogP contribution is -2.38. The molecule has 1 aliphatic heterocycles. The van der Waals surface area contributed by atoms with Crippen LogP contribution in [-0.2, 0) is 16.6 Å². The summed E-state index contributed by atoms with van der Waals surface area (Å²) in [5.41, 5.74) is 3.29. The molecule has 2 aromatic carbocycles. The average molecular weight is 466 g/mol. The molecule has 0 bridgehead atoms. The Kier molecular flexibility index (Phi) is 8.00. The molecule has 2 N–H and O–H groups in total. The molecule has 1 aromatic heterocycles. The van der Waals surface area contributed by atoms with Crippen molar-refractivity contribution < 1.29 is 19.0 Å². The molecule has 180 valence electrons. The van der Waals surface area contributed by atoms with Crippen molar-refractivity contribution in [3.8, 4) is 22.8 Å². The summed E-state index contributed by atoms with van der Waals surface area (Å²) in [6.07, 6.45) is 1.75. The first-order chi connectivity index (χ1) is 16.6. The number of carbonyl (C=O) groups is 1. The monoisotopic (exact) mass is 465 g/mol. The summed E-state index contributed by atoms with van der Waals surface area (Å²) >= 11 is 0. The SMILES string of the molecule is COc1cccc(NCC(=O)Nc2ccc(OCCN3CCOCC3)c(-c3ccnn3C)c2)c1. The minimum Gasteiger partial charge on any atom is -0.497 e. The molecule has 1 aliphatic rings. The van der Waals surface area contributed by atoms with E-state index >= 15 is 0 Å². The van der Waals surface area contributed by atoms with Crippen LogP contribution in [0.1, 0.15) is 0 Å². The molecule has 1 fully saturated rings. The number of benzene rings is 2. The van der Waals surface area contributed by atoms with Crippen molar-refractivity contribution in [3.05, 3.63) is 54.7 Å². The molecule has 4 rings (SSSR count). The molecule has 34 heavy (non-hydrogen) atoms. The topological polar surface area (TPSA) is 89.9 Å². The molecule has 0 saturated carbocycles. The van der Waals surface area contributed by atoms with Crippen molar-refractivity contribution in [3.63, 3.8) is 0 Å². The molecule has 0 aliphatic carbocycles. The van der Waals surface area contributed by atoms with Gasteiger partial charge in [0.15, 0.2) is 0 Å². The van der Waals surface area contributed by atoms with Gasteiger partial charge in [-0.15, -0.1) is 0 Å². The zero-order valence-electron chi connectivity index (χ0n) is 19.6. The highest BCUT2D eigenvalue weighted by Gasteiger charge is 2.14. The molecular weight excluding hydrogens is 434 g/mol. The Bertz CT molecular complexity index is 1090. The first-order valence-corrected chi connectivity index (χ1v) is 11.4. The van der Waals surface area contributed by atoms with Crippen LogP contribution in [0.5, 0.6) is 11.5 Å². The number of aryl methyl sites for hydroxylation is 1. The molecule has 9 nitrogen and oxygen atoms in total. The van der Waals surface area contributed by atoms with Gasteiger partial charge in [-0.1, -0.05) is 6.07 Å². The van der Waals surface area contributed by atoms with Gasteiger partial charge < -0.3 is 24.8 Å². The van der Waals surface area contributed by atoms with Crippen molar-refractivity contribution in [1.82, 2.24) is 14.7 Å². The number of methoxy groups -OCH3 is 1. The third-order valence-corrected chi connectivity index (χ3v) is 5.65. The van der Waals surface area contributed by atoms with Gasteiger partial charge in [-0.2, -0.15) is 5.10 Å². The number of hydrogen-bond donors (Lipinski definition) is 2. The average Bonchev–Trinajstić information content (AvgIpc) is 3.30. The second-order valence-corrected chi connectivity index (χ2v) is 7.99. The fourth-order valence-electron chi connectivity index (χ4n) is 3.80. The Hall–Kier alpha value is -3.56. The number of carbonyl (C=O) groups excluding carboxylic acids is 1. The third-order valence-electron chi connectivity index (χ3n) is 5.65. The van der Waals surface area contributed by atoms with Crippen molar-refractivity contribution in [2.24, 2.45) is 7.05 Å². The van der Waals surface area contributed by atoms with Crippen LogP contribution < -0.4 is 20.1 Å². The number of amides is 1. The standard InChI is InChI=1S/C25H31N5O4/c1-29-23(8-9-27-29)22-17-20(6-7-24(22)34-15-12-30-10-13-33-14-11-30)28-25(31)18-26-19-4-3-5-21(16-19)32-2/h3-9,16-17,26H,10-15,18H2,1-2H3,(H,28,31). The molecule has 0 spiro atoms. The molecular formula is C25H31N5O4. The number of morpholine rings is 1. The third kappa shape index (κ3) is 6.27. The molecule has 0 atom stereocenters. The van der Waals surface area contributed by atoms with Crippen molar-refractivity contribution in [2.45, 2.75) is 0 Å². The first-order valence-electron chi connectivity index (χ1n) is 11.4. The van der Waals surface area contributed by atoms with Crippen molar-refractivity contribution >= 4 is 17.3 Å². The zero-order chi connectivity index (χ0) is 23.8. The minimum atomic E-state index is -0.153. The number of hydrogen-bond acceptors (Lipinski definition) is 7. The highest BCUT2D eigenvalue weighted by atomic mass is 16.5. The summed E-state index contributed by atoms with van der Waals surface area (Å²) in [4.78, 5) is 14.9. The molecule has 1 amide bonds. The molecule has 1 saturated heterocycles. The Morgan fingerprint density at radius 2 is 1.97 bits per heavy atom. The van der Waals surface area contributed by atoms with Crippen molar-refractivity contribution in [2.75, 3.05) is 63.7 Å². The fraction of sp³-hybridized carbons (Fsp3) is 0.360. The lowest BCUT2D eigenvalue weighted by Gasteiger charge is -2.26. The molecule has 2 heterocycles. The fourth-order valence-corrected chi connectivity index (χ4v) is 3.80. The normalized spacial score (nSPS) is 13.9. The van der Waals surface area contributed by atoms with E-state index in [4.69, 9.17) is 14.2 Å². The van der Waals surface area contributed by atoms with Gasteiger partial charge in [-0.3, -0.25) is 14.4 Å².